The molecule has 1 amide bonds. The molecule has 0 spiro atoms. The number of rotatable bonds is 3. The molecule has 0 aliphatic carbocycles. The third-order valence-corrected chi connectivity index (χ3v) is 3.33. The molecule has 0 N–H and O–H groups in total. The number of amides is 1. The van der Waals surface area contributed by atoms with Gasteiger partial charge in [0.15, 0.2) is 6.61 Å². The van der Waals surface area contributed by atoms with Gasteiger partial charge in [0.1, 0.15) is 5.75 Å². The molecule has 18 heavy (non-hydrogen) atoms. The summed E-state index contributed by atoms with van der Waals surface area (Å²) >= 11 is 0. The highest BCUT2D eigenvalue weighted by Gasteiger charge is 2.25. The van der Waals surface area contributed by atoms with Crippen LogP contribution in [0.15, 0.2) is 24.3 Å². The third kappa shape index (κ3) is 2.84. The molecule has 1 heterocycles. The van der Waals surface area contributed by atoms with Gasteiger partial charge in [-0.05, 0) is 25.3 Å². The summed E-state index contributed by atoms with van der Waals surface area (Å²) in [5.41, 5.74) is 1.10. The first-order valence-electron chi connectivity index (χ1n) is 6.58. The van der Waals surface area contributed by atoms with Gasteiger partial charge in [0.25, 0.3) is 5.91 Å². The molecule has 0 fully saturated rings. The van der Waals surface area contributed by atoms with Crippen molar-refractivity contribution in [1.82, 2.24) is 4.90 Å². The summed E-state index contributed by atoms with van der Waals surface area (Å²) in [5.74, 6) is 1.51. The van der Waals surface area contributed by atoms with Gasteiger partial charge in [0, 0.05) is 18.2 Å². The summed E-state index contributed by atoms with van der Waals surface area (Å²) in [5, 5.41) is 0. The maximum absolute atomic E-state index is 12.1. The van der Waals surface area contributed by atoms with Crippen molar-refractivity contribution in [2.24, 2.45) is 5.92 Å². The largest absolute Gasteiger partial charge is 0.483 e. The van der Waals surface area contributed by atoms with Crippen LogP contribution in [-0.4, -0.2) is 23.5 Å². The highest BCUT2D eigenvalue weighted by Crippen LogP contribution is 2.25. The zero-order valence-electron chi connectivity index (χ0n) is 11.3. The van der Waals surface area contributed by atoms with Crippen molar-refractivity contribution in [3.63, 3.8) is 0 Å². The van der Waals surface area contributed by atoms with Crippen molar-refractivity contribution < 1.29 is 9.53 Å². The van der Waals surface area contributed by atoms with Crippen LogP contribution in [0.2, 0.25) is 0 Å². The predicted octanol–water partition coefficient (Wildman–Crippen LogP) is 2.84. The maximum Gasteiger partial charge on any atom is 0.261 e. The summed E-state index contributed by atoms with van der Waals surface area (Å²) in [6.45, 7) is 7.29. The van der Waals surface area contributed by atoms with Crippen molar-refractivity contribution >= 4 is 5.91 Å². The first-order valence-corrected chi connectivity index (χ1v) is 6.58. The van der Waals surface area contributed by atoms with Gasteiger partial charge in [-0.15, -0.1) is 0 Å². The van der Waals surface area contributed by atoms with E-state index in [1.165, 1.54) is 0 Å². The van der Waals surface area contributed by atoms with E-state index in [9.17, 15) is 4.79 Å². The van der Waals surface area contributed by atoms with Gasteiger partial charge >= 0.3 is 0 Å². The second kappa shape index (κ2) is 5.42. The fourth-order valence-electron chi connectivity index (χ4n) is 2.48. The van der Waals surface area contributed by atoms with Gasteiger partial charge in [-0.3, -0.25) is 4.79 Å². The van der Waals surface area contributed by atoms with Gasteiger partial charge in [-0.1, -0.05) is 32.0 Å². The lowest BCUT2D eigenvalue weighted by molar-refractivity contribution is -0.135. The minimum atomic E-state index is 0.0827. The molecule has 1 aromatic rings. The van der Waals surface area contributed by atoms with E-state index >= 15 is 0 Å². The topological polar surface area (TPSA) is 29.5 Å². The second-order valence-corrected chi connectivity index (χ2v) is 5.40. The minimum Gasteiger partial charge on any atom is -0.483 e. The van der Waals surface area contributed by atoms with Crippen molar-refractivity contribution in [2.75, 3.05) is 6.61 Å². The Morgan fingerprint density at radius 3 is 2.72 bits per heavy atom. The molecule has 2 rings (SSSR count). The molecule has 98 valence electrons. The lowest BCUT2D eigenvalue weighted by Crippen LogP contribution is -2.40. The van der Waals surface area contributed by atoms with E-state index in [1.807, 2.05) is 29.2 Å². The van der Waals surface area contributed by atoms with E-state index in [4.69, 9.17) is 4.74 Å². The Labute approximate surface area is 109 Å². The van der Waals surface area contributed by atoms with Crippen LogP contribution in [0.4, 0.5) is 0 Å². The summed E-state index contributed by atoms with van der Waals surface area (Å²) < 4.78 is 5.55. The third-order valence-electron chi connectivity index (χ3n) is 3.33. The Morgan fingerprint density at radius 2 is 2.00 bits per heavy atom. The van der Waals surface area contributed by atoms with Crippen LogP contribution in [0.1, 0.15) is 32.8 Å². The minimum absolute atomic E-state index is 0.0827. The van der Waals surface area contributed by atoms with E-state index in [1.54, 1.807) is 0 Å². The molecule has 1 aromatic carbocycles. The zero-order valence-corrected chi connectivity index (χ0v) is 11.3. The highest BCUT2D eigenvalue weighted by atomic mass is 16.5. The van der Waals surface area contributed by atoms with Crippen molar-refractivity contribution in [1.29, 1.82) is 0 Å². The Morgan fingerprint density at radius 1 is 1.28 bits per heavy atom. The quantitative estimate of drug-likeness (QED) is 0.822. The van der Waals surface area contributed by atoms with Crippen molar-refractivity contribution in [2.45, 2.75) is 39.8 Å². The Hall–Kier alpha value is -1.51. The van der Waals surface area contributed by atoms with E-state index in [0.717, 1.165) is 17.7 Å². The zero-order chi connectivity index (χ0) is 13.1. The SMILES string of the molecule is CC(C)C[C@@H](C)N1Cc2ccccc2OCC1=O. The number of para-hydroxylation sites is 1. The van der Waals surface area contributed by atoms with Crippen LogP contribution < -0.4 is 4.74 Å². The molecule has 0 bridgehead atoms. The number of benzene rings is 1. The number of hydrogen-bond donors (Lipinski definition) is 0. The second-order valence-electron chi connectivity index (χ2n) is 5.40. The molecule has 0 unspecified atom stereocenters. The molecule has 1 aliphatic rings. The fourth-order valence-corrected chi connectivity index (χ4v) is 2.48. The summed E-state index contributed by atoms with van der Waals surface area (Å²) in [6, 6.07) is 8.15. The van der Waals surface area contributed by atoms with Gasteiger partial charge in [-0.2, -0.15) is 0 Å². The molecule has 0 radical (unpaired) electrons. The summed E-state index contributed by atoms with van der Waals surface area (Å²) in [4.78, 5) is 14.0. The standard InChI is InChI=1S/C15H21NO2/c1-11(2)8-12(3)16-9-13-6-4-5-7-14(13)18-10-15(16)17/h4-7,11-12H,8-10H2,1-3H3/t12-/m1/s1. The molecule has 1 aliphatic heterocycles. The van der Waals surface area contributed by atoms with Crippen LogP contribution in [0.3, 0.4) is 0 Å². The Bertz CT molecular complexity index is 428. The number of fused-ring (bicyclic) bond motifs is 1. The van der Waals surface area contributed by atoms with Gasteiger partial charge < -0.3 is 9.64 Å². The number of carbonyl (C=O) groups is 1. The average molecular weight is 247 g/mol. The summed E-state index contributed by atoms with van der Waals surface area (Å²) in [6.07, 6.45) is 1.02. The molecule has 0 saturated carbocycles. The summed E-state index contributed by atoms with van der Waals surface area (Å²) in [7, 11) is 0. The van der Waals surface area contributed by atoms with E-state index in [-0.39, 0.29) is 18.6 Å². The van der Waals surface area contributed by atoms with E-state index < -0.39 is 0 Å². The van der Waals surface area contributed by atoms with Gasteiger partial charge in [0.2, 0.25) is 0 Å². The highest BCUT2D eigenvalue weighted by molar-refractivity contribution is 5.78. The normalized spacial score (nSPS) is 17.1. The van der Waals surface area contributed by atoms with Crippen LogP contribution in [0.25, 0.3) is 0 Å². The lowest BCUT2D eigenvalue weighted by Gasteiger charge is -2.28. The van der Waals surface area contributed by atoms with E-state index in [0.29, 0.717) is 12.5 Å². The molecule has 3 heteroatoms. The monoisotopic (exact) mass is 247 g/mol. The van der Waals surface area contributed by atoms with Crippen molar-refractivity contribution in [3.05, 3.63) is 29.8 Å². The van der Waals surface area contributed by atoms with E-state index in [2.05, 4.69) is 20.8 Å². The van der Waals surface area contributed by atoms with Crippen LogP contribution in [0, 0.1) is 5.92 Å². The lowest BCUT2D eigenvalue weighted by atomic mass is 10.0. The van der Waals surface area contributed by atoms with Crippen LogP contribution in [0.5, 0.6) is 5.75 Å². The first-order chi connectivity index (χ1) is 8.58. The van der Waals surface area contributed by atoms with Crippen LogP contribution >= 0.6 is 0 Å². The smallest absolute Gasteiger partial charge is 0.261 e. The number of hydrogen-bond acceptors (Lipinski definition) is 2. The molecule has 3 nitrogen and oxygen atoms in total. The first kappa shape index (κ1) is 12.9. The molecular formula is C15H21NO2. The number of carbonyl (C=O) groups excluding carboxylic acids is 1. The maximum atomic E-state index is 12.1. The van der Waals surface area contributed by atoms with Gasteiger partial charge in [0.05, 0.1) is 0 Å². The average Bonchev–Trinajstić information content (AvgIpc) is 2.48. The molecule has 1 atom stereocenters. The Kier molecular flexibility index (Phi) is 3.90. The fraction of sp³-hybridized carbons (Fsp3) is 0.533. The van der Waals surface area contributed by atoms with Crippen LogP contribution in [-0.2, 0) is 11.3 Å². The number of nitrogens with zero attached hydrogens (tertiary/aromatic N) is 1. The molecular weight excluding hydrogens is 226 g/mol. The van der Waals surface area contributed by atoms with Crippen molar-refractivity contribution in [3.8, 4) is 5.75 Å². The number of ether oxygens (including phenoxy) is 1. The van der Waals surface area contributed by atoms with Gasteiger partial charge in [-0.25, -0.2) is 0 Å². The Balaban J connectivity index is 2.18. The predicted molar refractivity (Wildman–Crippen MR) is 71.4 cm³/mol. The molecule has 0 aromatic heterocycles. The molecule has 0 saturated heterocycles.